The van der Waals surface area contributed by atoms with E-state index in [9.17, 15) is 4.79 Å². The SMILES string of the molecule is CCOC(=O)OCCN(C)CCOC. The van der Waals surface area contributed by atoms with Gasteiger partial charge < -0.3 is 19.1 Å². The quantitative estimate of drug-likeness (QED) is 0.574. The van der Waals surface area contributed by atoms with E-state index in [0.29, 0.717) is 26.4 Å². The Morgan fingerprint density at radius 2 is 1.86 bits per heavy atom. The van der Waals surface area contributed by atoms with Gasteiger partial charge >= 0.3 is 6.16 Å². The molecule has 0 spiro atoms. The largest absolute Gasteiger partial charge is 0.508 e. The molecular weight excluding hydrogens is 186 g/mol. The number of rotatable bonds is 7. The van der Waals surface area contributed by atoms with Crippen LogP contribution in [0.1, 0.15) is 6.92 Å². The lowest BCUT2D eigenvalue weighted by Gasteiger charge is -2.15. The van der Waals surface area contributed by atoms with Crippen LogP contribution in [-0.2, 0) is 14.2 Å². The molecule has 0 atom stereocenters. The third-order valence-electron chi connectivity index (χ3n) is 1.63. The molecule has 0 aromatic rings. The number of carbonyl (C=O) groups is 1. The van der Waals surface area contributed by atoms with Gasteiger partial charge in [-0.15, -0.1) is 0 Å². The van der Waals surface area contributed by atoms with E-state index in [0.717, 1.165) is 6.54 Å². The van der Waals surface area contributed by atoms with E-state index in [2.05, 4.69) is 4.74 Å². The van der Waals surface area contributed by atoms with Gasteiger partial charge in [-0.1, -0.05) is 0 Å². The van der Waals surface area contributed by atoms with Crippen LogP contribution in [0, 0.1) is 0 Å². The third kappa shape index (κ3) is 7.82. The second-order valence-corrected chi connectivity index (χ2v) is 2.83. The van der Waals surface area contributed by atoms with Gasteiger partial charge in [0.05, 0.1) is 13.2 Å². The van der Waals surface area contributed by atoms with Crippen molar-refractivity contribution in [2.75, 3.05) is 47.1 Å². The fourth-order valence-corrected chi connectivity index (χ4v) is 0.803. The average Bonchev–Trinajstić information content (AvgIpc) is 2.15. The van der Waals surface area contributed by atoms with E-state index >= 15 is 0 Å². The van der Waals surface area contributed by atoms with Crippen molar-refractivity contribution in [3.8, 4) is 0 Å². The maximum Gasteiger partial charge on any atom is 0.508 e. The number of nitrogens with zero attached hydrogens (tertiary/aromatic N) is 1. The molecule has 0 fully saturated rings. The van der Waals surface area contributed by atoms with Crippen molar-refractivity contribution in [3.63, 3.8) is 0 Å². The van der Waals surface area contributed by atoms with E-state index in [4.69, 9.17) is 9.47 Å². The van der Waals surface area contributed by atoms with Gasteiger partial charge in [0.1, 0.15) is 6.61 Å². The maximum atomic E-state index is 10.8. The Morgan fingerprint density at radius 1 is 1.21 bits per heavy atom. The minimum Gasteiger partial charge on any atom is -0.435 e. The highest BCUT2D eigenvalue weighted by Crippen LogP contribution is 1.87. The summed E-state index contributed by atoms with van der Waals surface area (Å²) in [6, 6.07) is 0. The second kappa shape index (κ2) is 8.77. The first kappa shape index (κ1) is 13.2. The fraction of sp³-hybridized carbons (Fsp3) is 0.889. The summed E-state index contributed by atoms with van der Waals surface area (Å²) in [5, 5.41) is 0. The standard InChI is InChI=1S/C9H19NO4/c1-4-13-9(11)14-8-6-10(2)5-7-12-3/h4-8H2,1-3H3. The molecule has 0 amide bonds. The van der Waals surface area contributed by atoms with Gasteiger partial charge in [-0.25, -0.2) is 4.79 Å². The Hall–Kier alpha value is -0.810. The zero-order valence-electron chi connectivity index (χ0n) is 9.12. The Bertz CT molecular complexity index is 152. The Kier molecular flexibility index (Phi) is 8.27. The first-order valence-electron chi connectivity index (χ1n) is 4.67. The van der Waals surface area contributed by atoms with Crippen molar-refractivity contribution in [3.05, 3.63) is 0 Å². The summed E-state index contributed by atoms with van der Waals surface area (Å²) < 4.78 is 14.3. The van der Waals surface area contributed by atoms with Gasteiger partial charge in [0.25, 0.3) is 0 Å². The van der Waals surface area contributed by atoms with Crippen LogP contribution in [0.15, 0.2) is 0 Å². The van der Waals surface area contributed by atoms with E-state index < -0.39 is 6.16 Å². The van der Waals surface area contributed by atoms with Crippen LogP contribution in [0.5, 0.6) is 0 Å². The highest BCUT2D eigenvalue weighted by Gasteiger charge is 2.03. The highest BCUT2D eigenvalue weighted by molar-refractivity contribution is 5.59. The van der Waals surface area contributed by atoms with Crippen molar-refractivity contribution in [2.45, 2.75) is 6.92 Å². The minimum atomic E-state index is -0.604. The lowest BCUT2D eigenvalue weighted by Crippen LogP contribution is -2.27. The first-order valence-corrected chi connectivity index (χ1v) is 4.67. The van der Waals surface area contributed by atoms with Gasteiger partial charge in [0.2, 0.25) is 0 Å². The molecule has 0 aliphatic carbocycles. The number of methoxy groups -OCH3 is 1. The van der Waals surface area contributed by atoms with Gasteiger partial charge in [-0.2, -0.15) is 0 Å². The van der Waals surface area contributed by atoms with Crippen LogP contribution in [0.2, 0.25) is 0 Å². The summed E-state index contributed by atoms with van der Waals surface area (Å²) in [5.74, 6) is 0. The molecule has 0 bridgehead atoms. The molecule has 0 unspecified atom stereocenters. The number of hydrogen-bond donors (Lipinski definition) is 0. The molecule has 0 heterocycles. The molecule has 5 nitrogen and oxygen atoms in total. The van der Waals surface area contributed by atoms with Crippen LogP contribution in [0.25, 0.3) is 0 Å². The summed E-state index contributed by atoms with van der Waals surface area (Å²) in [7, 11) is 3.59. The zero-order valence-corrected chi connectivity index (χ0v) is 9.12. The molecule has 5 heteroatoms. The van der Waals surface area contributed by atoms with Gasteiger partial charge in [-0.3, -0.25) is 0 Å². The van der Waals surface area contributed by atoms with E-state index in [1.165, 1.54) is 0 Å². The first-order chi connectivity index (χ1) is 6.70. The van der Waals surface area contributed by atoms with Crippen molar-refractivity contribution >= 4 is 6.16 Å². The number of carbonyl (C=O) groups excluding carboxylic acids is 1. The van der Waals surface area contributed by atoms with E-state index in [-0.39, 0.29) is 0 Å². The molecule has 0 aromatic heterocycles. The smallest absolute Gasteiger partial charge is 0.435 e. The Balaban J connectivity index is 3.29. The summed E-state index contributed by atoms with van der Waals surface area (Å²) >= 11 is 0. The maximum absolute atomic E-state index is 10.8. The minimum absolute atomic E-state index is 0.346. The molecule has 0 N–H and O–H groups in total. The molecule has 0 aliphatic rings. The molecule has 0 radical (unpaired) electrons. The van der Waals surface area contributed by atoms with Crippen molar-refractivity contribution < 1.29 is 19.0 Å². The van der Waals surface area contributed by atoms with Crippen molar-refractivity contribution in [2.24, 2.45) is 0 Å². The van der Waals surface area contributed by atoms with Gasteiger partial charge in [0.15, 0.2) is 0 Å². The van der Waals surface area contributed by atoms with E-state index in [1.54, 1.807) is 14.0 Å². The third-order valence-corrected chi connectivity index (χ3v) is 1.63. The topological polar surface area (TPSA) is 48.0 Å². The van der Waals surface area contributed by atoms with Crippen molar-refractivity contribution in [1.29, 1.82) is 0 Å². The van der Waals surface area contributed by atoms with Gasteiger partial charge in [0, 0.05) is 20.2 Å². The molecule has 0 aromatic carbocycles. The number of ether oxygens (including phenoxy) is 3. The van der Waals surface area contributed by atoms with Crippen molar-refractivity contribution in [1.82, 2.24) is 4.90 Å². The lowest BCUT2D eigenvalue weighted by molar-refractivity contribution is 0.0514. The van der Waals surface area contributed by atoms with Crippen LogP contribution >= 0.6 is 0 Å². The Labute approximate surface area is 84.9 Å². The number of hydrogen-bond acceptors (Lipinski definition) is 5. The highest BCUT2D eigenvalue weighted by atomic mass is 16.7. The summed E-state index contributed by atoms with van der Waals surface area (Å²) in [6.45, 7) is 4.62. The monoisotopic (exact) mass is 205 g/mol. The molecule has 84 valence electrons. The predicted molar refractivity (Wildman–Crippen MR) is 52.3 cm³/mol. The predicted octanol–water partition coefficient (Wildman–Crippen LogP) is 0.738. The summed E-state index contributed by atoms with van der Waals surface area (Å²) in [5.41, 5.74) is 0. The normalized spacial score (nSPS) is 10.3. The summed E-state index contributed by atoms with van der Waals surface area (Å²) in [6.07, 6.45) is -0.604. The molecule has 0 aliphatic heterocycles. The van der Waals surface area contributed by atoms with E-state index in [1.807, 2.05) is 11.9 Å². The van der Waals surface area contributed by atoms with Gasteiger partial charge in [-0.05, 0) is 14.0 Å². The van der Waals surface area contributed by atoms with Crippen LogP contribution in [0.3, 0.4) is 0 Å². The number of likely N-dealkylation sites (N-methyl/N-ethyl adjacent to an activating group) is 1. The average molecular weight is 205 g/mol. The van der Waals surface area contributed by atoms with Crippen LogP contribution < -0.4 is 0 Å². The zero-order chi connectivity index (χ0) is 10.8. The molecular formula is C9H19NO4. The summed E-state index contributed by atoms with van der Waals surface area (Å²) in [4.78, 5) is 12.8. The Morgan fingerprint density at radius 3 is 2.43 bits per heavy atom. The molecule has 0 saturated heterocycles. The van der Waals surface area contributed by atoms with Crippen LogP contribution in [-0.4, -0.2) is 58.1 Å². The molecule has 0 rings (SSSR count). The lowest BCUT2D eigenvalue weighted by atomic mass is 10.5. The molecule has 14 heavy (non-hydrogen) atoms. The fourth-order valence-electron chi connectivity index (χ4n) is 0.803. The second-order valence-electron chi connectivity index (χ2n) is 2.83. The molecule has 0 saturated carbocycles. The van der Waals surface area contributed by atoms with Crippen LogP contribution in [0.4, 0.5) is 4.79 Å².